The maximum absolute atomic E-state index is 13.6. The van der Waals surface area contributed by atoms with Crippen molar-refractivity contribution in [3.05, 3.63) is 0 Å². The SMILES string of the molecule is CCOP(CP(=O)(N(CC)CC)N(CC)CC)OCC. The van der Waals surface area contributed by atoms with Gasteiger partial charge in [0.2, 0.25) is 7.44 Å². The summed E-state index contributed by atoms with van der Waals surface area (Å²) in [4.78, 5) is 0. The molecule has 20 heavy (non-hydrogen) atoms. The van der Waals surface area contributed by atoms with Gasteiger partial charge in [-0.3, -0.25) is 4.57 Å². The fraction of sp³-hybridized carbons (Fsp3) is 1.00. The highest BCUT2D eigenvalue weighted by Gasteiger charge is 2.37. The molecule has 0 rings (SSSR count). The van der Waals surface area contributed by atoms with Crippen molar-refractivity contribution in [1.29, 1.82) is 0 Å². The Balaban J connectivity index is 5.23. The van der Waals surface area contributed by atoms with Crippen molar-refractivity contribution in [2.75, 3.05) is 45.3 Å². The standard InChI is InChI=1S/C13H32N2O3P2/c1-7-14(8-2)20(16,15(9-3)10-4)13-19(17-11-5)18-12-6/h7-13H2,1-6H3. The van der Waals surface area contributed by atoms with E-state index in [0.29, 0.717) is 19.1 Å². The molecule has 0 saturated carbocycles. The van der Waals surface area contributed by atoms with E-state index in [1.54, 1.807) is 0 Å². The highest BCUT2D eigenvalue weighted by molar-refractivity contribution is 7.71. The van der Waals surface area contributed by atoms with Crippen LogP contribution >= 0.6 is 15.8 Å². The van der Waals surface area contributed by atoms with Crippen molar-refractivity contribution < 1.29 is 13.6 Å². The molecule has 0 N–H and O–H groups in total. The zero-order valence-electron chi connectivity index (χ0n) is 14.0. The molecule has 0 fully saturated rings. The van der Waals surface area contributed by atoms with Crippen LogP contribution in [0.4, 0.5) is 0 Å². The van der Waals surface area contributed by atoms with Crippen molar-refractivity contribution in [2.45, 2.75) is 41.5 Å². The Morgan fingerprint density at radius 3 is 1.40 bits per heavy atom. The Morgan fingerprint density at radius 1 is 0.800 bits per heavy atom. The molecule has 0 aliphatic carbocycles. The summed E-state index contributed by atoms with van der Waals surface area (Å²) in [6, 6.07) is 0. The van der Waals surface area contributed by atoms with Gasteiger partial charge >= 0.3 is 0 Å². The molecule has 0 aliphatic rings. The van der Waals surface area contributed by atoms with Crippen molar-refractivity contribution in [1.82, 2.24) is 9.34 Å². The second kappa shape index (κ2) is 11.1. The average Bonchev–Trinajstić information content (AvgIpc) is 2.41. The smallest absolute Gasteiger partial charge is 0.225 e. The van der Waals surface area contributed by atoms with Crippen LogP contribution in [0.2, 0.25) is 0 Å². The van der Waals surface area contributed by atoms with Crippen LogP contribution in [-0.2, 0) is 13.6 Å². The lowest BCUT2D eigenvalue weighted by molar-refractivity contribution is 0.270. The molecular weight excluding hydrogens is 294 g/mol. The van der Waals surface area contributed by atoms with E-state index in [2.05, 4.69) is 37.0 Å². The highest BCUT2D eigenvalue weighted by atomic mass is 31.2. The summed E-state index contributed by atoms with van der Waals surface area (Å²) in [5.74, 6) is 0.493. The number of hydrogen-bond donors (Lipinski definition) is 0. The third-order valence-corrected chi connectivity index (χ3v) is 9.58. The van der Waals surface area contributed by atoms with Crippen molar-refractivity contribution >= 4 is 15.8 Å². The van der Waals surface area contributed by atoms with Gasteiger partial charge < -0.3 is 9.05 Å². The topological polar surface area (TPSA) is 42.0 Å². The maximum atomic E-state index is 13.6. The monoisotopic (exact) mass is 326 g/mol. The number of rotatable bonds is 12. The van der Waals surface area contributed by atoms with Gasteiger partial charge in [-0.05, 0) is 13.8 Å². The van der Waals surface area contributed by atoms with Crippen molar-refractivity contribution in [3.8, 4) is 0 Å². The lowest BCUT2D eigenvalue weighted by atomic mass is 10.7. The fourth-order valence-electron chi connectivity index (χ4n) is 2.25. The van der Waals surface area contributed by atoms with Gasteiger partial charge in [-0.15, -0.1) is 0 Å². The summed E-state index contributed by atoms with van der Waals surface area (Å²) in [6.07, 6.45) is 0. The lowest BCUT2D eigenvalue weighted by Crippen LogP contribution is -2.33. The zero-order chi connectivity index (χ0) is 15.6. The van der Waals surface area contributed by atoms with Crippen LogP contribution in [0.1, 0.15) is 41.5 Å². The molecule has 0 atom stereocenters. The first-order valence-corrected chi connectivity index (χ1v) is 10.8. The summed E-state index contributed by atoms with van der Waals surface area (Å²) in [5, 5.41) is 0. The van der Waals surface area contributed by atoms with Crippen LogP contribution in [-0.4, -0.2) is 54.6 Å². The van der Waals surface area contributed by atoms with E-state index in [9.17, 15) is 4.57 Å². The average molecular weight is 326 g/mol. The molecule has 0 heterocycles. The Kier molecular flexibility index (Phi) is 11.4. The van der Waals surface area contributed by atoms with Gasteiger partial charge in [0.1, 0.15) is 0 Å². The molecule has 0 radical (unpaired) electrons. The van der Waals surface area contributed by atoms with Gasteiger partial charge in [0.05, 0.1) is 19.1 Å². The van der Waals surface area contributed by atoms with Crippen LogP contribution in [0, 0.1) is 0 Å². The quantitative estimate of drug-likeness (QED) is 0.503. The summed E-state index contributed by atoms with van der Waals surface area (Å²) in [5.41, 5.74) is 0. The van der Waals surface area contributed by atoms with Crippen LogP contribution in [0.15, 0.2) is 0 Å². The van der Waals surface area contributed by atoms with Gasteiger partial charge in [0.25, 0.3) is 0 Å². The third-order valence-electron chi connectivity index (χ3n) is 3.19. The van der Waals surface area contributed by atoms with E-state index in [4.69, 9.17) is 9.05 Å². The molecule has 0 aliphatic heterocycles. The van der Waals surface area contributed by atoms with Gasteiger partial charge in [0, 0.05) is 26.2 Å². The van der Waals surface area contributed by atoms with Crippen LogP contribution in [0.5, 0.6) is 0 Å². The number of nitrogens with zero attached hydrogens (tertiary/aromatic N) is 2. The Hall–Kier alpha value is 0.500. The van der Waals surface area contributed by atoms with Crippen LogP contribution in [0.25, 0.3) is 0 Å². The third kappa shape index (κ3) is 5.71. The molecule has 0 bridgehead atoms. The van der Waals surface area contributed by atoms with Crippen LogP contribution < -0.4 is 0 Å². The first-order valence-electron chi connectivity index (χ1n) is 7.67. The Bertz CT molecular complexity index is 263. The van der Waals surface area contributed by atoms with E-state index >= 15 is 0 Å². The van der Waals surface area contributed by atoms with Crippen molar-refractivity contribution in [3.63, 3.8) is 0 Å². The predicted octanol–water partition coefficient (Wildman–Crippen LogP) is 4.21. The minimum atomic E-state index is -2.61. The van der Waals surface area contributed by atoms with Gasteiger partial charge in [0.15, 0.2) is 8.38 Å². The lowest BCUT2D eigenvalue weighted by Gasteiger charge is -2.38. The van der Waals surface area contributed by atoms with E-state index in [1.165, 1.54) is 0 Å². The maximum Gasteiger partial charge on any atom is 0.225 e. The van der Waals surface area contributed by atoms with E-state index in [0.717, 1.165) is 26.2 Å². The molecule has 0 aromatic heterocycles. The second-order valence-corrected chi connectivity index (χ2v) is 9.03. The Morgan fingerprint density at radius 2 is 1.15 bits per heavy atom. The first kappa shape index (κ1) is 20.5. The second-order valence-electron chi connectivity index (χ2n) is 4.25. The first-order chi connectivity index (χ1) is 9.53. The molecule has 0 amide bonds. The molecule has 7 heteroatoms. The van der Waals surface area contributed by atoms with E-state index in [-0.39, 0.29) is 0 Å². The minimum absolute atomic E-state index is 0.493. The minimum Gasteiger partial charge on any atom is -0.334 e. The largest absolute Gasteiger partial charge is 0.334 e. The highest BCUT2D eigenvalue weighted by Crippen LogP contribution is 2.61. The summed E-state index contributed by atoms with van der Waals surface area (Å²) < 4.78 is 29.1. The molecule has 0 saturated heterocycles. The Labute approximate surface area is 126 Å². The summed E-state index contributed by atoms with van der Waals surface area (Å²) >= 11 is 0. The van der Waals surface area contributed by atoms with Gasteiger partial charge in [-0.1, -0.05) is 27.7 Å². The fourth-order valence-corrected chi connectivity index (χ4v) is 8.31. The number of hydrogen-bond acceptors (Lipinski definition) is 3. The molecule has 5 nitrogen and oxygen atoms in total. The predicted molar refractivity (Wildman–Crippen MR) is 88.5 cm³/mol. The molecule has 0 unspecified atom stereocenters. The van der Waals surface area contributed by atoms with Gasteiger partial charge in [-0.2, -0.15) is 0 Å². The van der Waals surface area contributed by atoms with Crippen LogP contribution in [0.3, 0.4) is 0 Å². The van der Waals surface area contributed by atoms with E-state index in [1.807, 2.05) is 13.8 Å². The summed E-state index contributed by atoms with van der Waals surface area (Å²) in [6.45, 7) is 16.5. The molecule has 0 aromatic rings. The molecular formula is C13H32N2O3P2. The normalized spacial score (nSPS) is 12.8. The molecule has 0 aromatic carbocycles. The van der Waals surface area contributed by atoms with Crippen molar-refractivity contribution in [2.24, 2.45) is 0 Å². The van der Waals surface area contributed by atoms with Gasteiger partial charge in [-0.25, -0.2) is 9.34 Å². The zero-order valence-corrected chi connectivity index (χ0v) is 15.8. The molecule has 122 valence electrons. The summed E-state index contributed by atoms with van der Waals surface area (Å²) in [7, 11) is -3.69. The van der Waals surface area contributed by atoms with E-state index < -0.39 is 15.8 Å². The molecule has 0 spiro atoms.